The van der Waals surface area contributed by atoms with Gasteiger partial charge in [-0.15, -0.1) is 11.3 Å². The van der Waals surface area contributed by atoms with Crippen LogP contribution in [0.2, 0.25) is 0 Å². The predicted octanol–water partition coefficient (Wildman–Crippen LogP) is 3.13. The normalized spacial score (nSPS) is 10.4. The van der Waals surface area contributed by atoms with Gasteiger partial charge in [0, 0.05) is 22.7 Å². The Hall–Kier alpha value is -1.88. The Kier molecular flexibility index (Phi) is 4.16. The molecule has 0 aliphatic carbocycles. The lowest BCUT2D eigenvalue weighted by Crippen LogP contribution is -2.30. The Labute approximate surface area is 115 Å². The highest BCUT2D eigenvalue weighted by Crippen LogP contribution is 2.16. The second kappa shape index (κ2) is 5.84. The predicted molar refractivity (Wildman–Crippen MR) is 75.5 cm³/mol. The van der Waals surface area contributed by atoms with Crippen molar-refractivity contribution in [1.82, 2.24) is 4.90 Å². The average molecular weight is 278 g/mol. The van der Waals surface area contributed by atoms with Crippen LogP contribution in [0.3, 0.4) is 0 Å². The number of anilines is 1. The summed E-state index contributed by atoms with van der Waals surface area (Å²) in [6.45, 7) is 2.99. The number of carbonyl (C=O) groups is 1. The molecule has 0 spiro atoms. The number of carbonyl (C=O) groups excluding carboxylic acids is 1. The molecule has 0 fully saturated rings. The fourth-order valence-corrected chi connectivity index (χ4v) is 2.56. The van der Waals surface area contributed by atoms with Crippen molar-refractivity contribution in [2.24, 2.45) is 0 Å². The fraction of sp³-hybridized carbons (Fsp3) is 0.214. The molecule has 0 radical (unpaired) electrons. The average Bonchev–Trinajstić information content (AvgIpc) is 2.86. The molecule has 2 N–H and O–H groups in total. The zero-order valence-corrected chi connectivity index (χ0v) is 11.4. The highest BCUT2D eigenvalue weighted by molar-refractivity contribution is 7.09. The molecule has 0 aliphatic rings. The molecule has 19 heavy (non-hydrogen) atoms. The van der Waals surface area contributed by atoms with E-state index < -0.39 is 5.82 Å². The lowest BCUT2D eigenvalue weighted by atomic mass is 10.1. The number of rotatable bonds is 4. The Bertz CT molecular complexity index is 549. The van der Waals surface area contributed by atoms with E-state index in [4.69, 9.17) is 5.73 Å². The monoisotopic (exact) mass is 278 g/mol. The molecule has 0 aliphatic heterocycles. The summed E-state index contributed by atoms with van der Waals surface area (Å²) in [4.78, 5) is 15.1. The van der Waals surface area contributed by atoms with E-state index in [0.717, 1.165) is 4.88 Å². The van der Waals surface area contributed by atoms with Crippen molar-refractivity contribution in [1.29, 1.82) is 0 Å². The highest BCUT2D eigenvalue weighted by atomic mass is 32.1. The van der Waals surface area contributed by atoms with Crippen molar-refractivity contribution in [3.63, 3.8) is 0 Å². The van der Waals surface area contributed by atoms with E-state index >= 15 is 0 Å². The quantitative estimate of drug-likeness (QED) is 0.873. The van der Waals surface area contributed by atoms with E-state index in [1.165, 1.54) is 18.2 Å². The Morgan fingerprint density at radius 3 is 2.79 bits per heavy atom. The number of hydrogen-bond acceptors (Lipinski definition) is 3. The van der Waals surface area contributed by atoms with Gasteiger partial charge in [-0.2, -0.15) is 0 Å². The van der Waals surface area contributed by atoms with Gasteiger partial charge in [0.1, 0.15) is 5.82 Å². The molecule has 1 amide bonds. The van der Waals surface area contributed by atoms with Crippen molar-refractivity contribution in [2.75, 3.05) is 12.3 Å². The van der Waals surface area contributed by atoms with E-state index in [1.807, 2.05) is 24.4 Å². The molecule has 2 rings (SSSR count). The van der Waals surface area contributed by atoms with Crippen molar-refractivity contribution in [3.8, 4) is 0 Å². The topological polar surface area (TPSA) is 46.3 Å². The van der Waals surface area contributed by atoms with Crippen LogP contribution in [0.25, 0.3) is 0 Å². The van der Waals surface area contributed by atoms with E-state index in [9.17, 15) is 9.18 Å². The largest absolute Gasteiger partial charge is 0.399 e. The minimum Gasteiger partial charge on any atom is -0.399 e. The number of thiophene rings is 1. The summed E-state index contributed by atoms with van der Waals surface area (Å²) >= 11 is 1.59. The minimum atomic E-state index is -0.490. The number of amides is 1. The second-order valence-electron chi connectivity index (χ2n) is 4.17. The maximum absolute atomic E-state index is 13.3. The lowest BCUT2D eigenvalue weighted by molar-refractivity contribution is 0.0753. The first-order chi connectivity index (χ1) is 9.10. The molecule has 1 heterocycles. The zero-order valence-electron chi connectivity index (χ0n) is 10.6. The van der Waals surface area contributed by atoms with Crippen LogP contribution < -0.4 is 5.73 Å². The van der Waals surface area contributed by atoms with Crippen LogP contribution in [0.5, 0.6) is 0 Å². The molecule has 100 valence electrons. The van der Waals surface area contributed by atoms with Crippen LogP contribution >= 0.6 is 11.3 Å². The molecule has 3 nitrogen and oxygen atoms in total. The van der Waals surface area contributed by atoms with Gasteiger partial charge in [0.25, 0.3) is 5.91 Å². The van der Waals surface area contributed by atoms with Crippen LogP contribution in [-0.2, 0) is 6.54 Å². The van der Waals surface area contributed by atoms with Gasteiger partial charge in [0.2, 0.25) is 0 Å². The van der Waals surface area contributed by atoms with Crippen molar-refractivity contribution in [3.05, 3.63) is 52.0 Å². The molecule has 0 saturated heterocycles. The Morgan fingerprint density at radius 2 is 2.21 bits per heavy atom. The summed E-state index contributed by atoms with van der Waals surface area (Å²) in [5.74, 6) is -0.697. The van der Waals surface area contributed by atoms with Gasteiger partial charge in [-0.3, -0.25) is 4.79 Å². The van der Waals surface area contributed by atoms with Crippen molar-refractivity contribution in [2.45, 2.75) is 13.5 Å². The molecule has 0 unspecified atom stereocenters. The third kappa shape index (κ3) is 3.32. The molecule has 0 saturated carbocycles. The van der Waals surface area contributed by atoms with Gasteiger partial charge in [-0.25, -0.2) is 4.39 Å². The lowest BCUT2D eigenvalue weighted by Gasteiger charge is -2.20. The molecule has 1 aromatic carbocycles. The van der Waals surface area contributed by atoms with Gasteiger partial charge >= 0.3 is 0 Å². The van der Waals surface area contributed by atoms with Gasteiger partial charge in [-0.1, -0.05) is 6.07 Å². The van der Waals surface area contributed by atoms with Gasteiger partial charge in [0.05, 0.1) is 6.54 Å². The third-order valence-corrected chi connectivity index (χ3v) is 3.62. The van der Waals surface area contributed by atoms with Crippen molar-refractivity contribution < 1.29 is 9.18 Å². The smallest absolute Gasteiger partial charge is 0.254 e. The summed E-state index contributed by atoms with van der Waals surface area (Å²) in [6.07, 6.45) is 0. The number of nitrogens with two attached hydrogens (primary N) is 1. The minimum absolute atomic E-state index is 0.206. The van der Waals surface area contributed by atoms with Crippen LogP contribution in [0, 0.1) is 5.82 Å². The number of benzene rings is 1. The molecule has 0 atom stereocenters. The fourth-order valence-electron chi connectivity index (χ4n) is 1.84. The van der Waals surface area contributed by atoms with E-state index in [1.54, 1.807) is 16.2 Å². The molecule has 5 heteroatoms. The van der Waals surface area contributed by atoms with Crippen LogP contribution in [0.15, 0.2) is 35.7 Å². The summed E-state index contributed by atoms with van der Waals surface area (Å²) < 4.78 is 13.3. The maximum Gasteiger partial charge on any atom is 0.254 e. The summed E-state index contributed by atoms with van der Waals surface area (Å²) in [6, 6.07) is 7.84. The van der Waals surface area contributed by atoms with Crippen LogP contribution in [0.4, 0.5) is 10.1 Å². The first-order valence-corrected chi connectivity index (χ1v) is 6.86. The van der Waals surface area contributed by atoms with E-state index in [-0.39, 0.29) is 17.2 Å². The molecular weight excluding hydrogens is 263 g/mol. The van der Waals surface area contributed by atoms with Crippen LogP contribution in [-0.4, -0.2) is 17.4 Å². The maximum atomic E-state index is 13.3. The first-order valence-electron chi connectivity index (χ1n) is 5.98. The van der Waals surface area contributed by atoms with Gasteiger partial charge in [-0.05, 0) is 36.6 Å². The van der Waals surface area contributed by atoms with E-state index in [0.29, 0.717) is 13.1 Å². The molecule has 0 bridgehead atoms. The molecule has 1 aromatic heterocycles. The summed E-state index contributed by atoms with van der Waals surface area (Å²) in [7, 11) is 0. The van der Waals surface area contributed by atoms with Crippen LogP contribution in [0.1, 0.15) is 22.2 Å². The second-order valence-corrected chi connectivity index (χ2v) is 5.20. The summed E-state index contributed by atoms with van der Waals surface area (Å²) in [5, 5.41) is 1.97. The third-order valence-electron chi connectivity index (χ3n) is 2.76. The Balaban J connectivity index is 2.20. The van der Waals surface area contributed by atoms with Gasteiger partial charge < -0.3 is 10.6 Å². The SMILES string of the molecule is CCN(Cc1cccs1)C(=O)c1cc(N)cc(F)c1. The molecule has 2 aromatic rings. The summed E-state index contributed by atoms with van der Waals surface area (Å²) in [5.41, 5.74) is 6.11. The zero-order chi connectivity index (χ0) is 13.8. The number of hydrogen-bond donors (Lipinski definition) is 1. The number of nitrogen functional groups attached to an aromatic ring is 1. The first kappa shape index (κ1) is 13.5. The van der Waals surface area contributed by atoms with Crippen molar-refractivity contribution >= 4 is 22.9 Å². The van der Waals surface area contributed by atoms with Gasteiger partial charge in [0.15, 0.2) is 0 Å². The van der Waals surface area contributed by atoms with E-state index in [2.05, 4.69) is 0 Å². The standard InChI is InChI=1S/C14H15FN2OS/c1-2-17(9-13-4-3-5-19-13)14(18)10-6-11(15)8-12(16)7-10/h3-8H,2,9,16H2,1H3. The number of nitrogens with zero attached hydrogens (tertiary/aromatic N) is 1. The number of halogens is 1. The highest BCUT2D eigenvalue weighted by Gasteiger charge is 2.16. The molecular formula is C14H15FN2OS. The Morgan fingerprint density at radius 1 is 1.42 bits per heavy atom.